The third-order valence-corrected chi connectivity index (χ3v) is 5.07. The summed E-state index contributed by atoms with van der Waals surface area (Å²) in [5, 5.41) is 0. The molecule has 21 heavy (non-hydrogen) atoms. The smallest absolute Gasteiger partial charge is 0.243 e. The summed E-state index contributed by atoms with van der Waals surface area (Å²) in [6.07, 6.45) is 2.07. The summed E-state index contributed by atoms with van der Waals surface area (Å²) in [7, 11) is -3.10. The zero-order valence-corrected chi connectivity index (χ0v) is 14.8. The van der Waals surface area contributed by atoms with Crippen LogP contribution in [0.25, 0.3) is 0 Å². The Kier molecular flexibility index (Phi) is 6.22. The van der Waals surface area contributed by atoms with Gasteiger partial charge in [0, 0.05) is 23.0 Å². The maximum atomic E-state index is 12.3. The molecule has 8 heteroatoms. The van der Waals surface area contributed by atoms with E-state index in [1.807, 2.05) is 18.2 Å². The molecule has 0 fully saturated rings. The van der Waals surface area contributed by atoms with Gasteiger partial charge in [-0.2, -0.15) is 0 Å². The highest BCUT2D eigenvalue weighted by Crippen LogP contribution is 2.33. The van der Waals surface area contributed by atoms with Gasteiger partial charge in [-0.25, -0.2) is 8.42 Å². The van der Waals surface area contributed by atoms with Crippen LogP contribution in [-0.4, -0.2) is 38.9 Å². The van der Waals surface area contributed by atoms with E-state index in [2.05, 4.69) is 15.9 Å². The molecule has 118 valence electrons. The van der Waals surface area contributed by atoms with Crippen molar-refractivity contribution in [2.75, 3.05) is 23.5 Å². The first kappa shape index (κ1) is 18.4. The van der Waals surface area contributed by atoms with Crippen molar-refractivity contribution in [3.05, 3.63) is 28.2 Å². The van der Waals surface area contributed by atoms with Crippen LogP contribution in [0.5, 0.6) is 0 Å². The SMILES string of the molecule is CS(=O)(=O)CC[C@@H](N)C(=O)N1CCc2c(Br)cccc21.Cl. The molecule has 5 nitrogen and oxygen atoms in total. The normalized spacial score (nSPS) is 15.3. The van der Waals surface area contributed by atoms with Crippen molar-refractivity contribution in [1.29, 1.82) is 0 Å². The van der Waals surface area contributed by atoms with Crippen LogP contribution >= 0.6 is 28.3 Å². The van der Waals surface area contributed by atoms with E-state index in [4.69, 9.17) is 5.73 Å². The molecular formula is C13H18BrClN2O3S. The minimum atomic E-state index is -3.10. The Morgan fingerprint density at radius 3 is 2.76 bits per heavy atom. The maximum absolute atomic E-state index is 12.3. The molecule has 1 aromatic carbocycles. The van der Waals surface area contributed by atoms with Gasteiger partial charge in [-0.05, 0) is 30.5 Å². The van der Waals surface area contributed by atoms with E-state index in [-0.39, 0.29) is 30.5 Å². The first-order valence-corrected chi connectivity index (χ1v) is 9.17. The zero-order valence-electron chi connectivity index (χ0n) is 11.6. The topological polar surface area (TPSA) is 80.5 Å². The lowest BCUT2D eigenvalue weighted by atomic mass is 10.1. The van der Waals surface area contributed by atoms with Crippen LogP contribution in [0, 0.1) is 0 Å². The highest BCUT2D eigenvalue weighted by atomic mass is 79.9. The highest BCUT2D eigenvalue weighted by Gasteiger charge is 2.29. The Labute approximate surface area is 139 Å². The quantitative estimate of drug-likeness (QED) is 0.835. The first-order chi connectivity index (χ1) is 9.29. The molecule has 1 aliphatic heterocycles. The number of carbonyl (C=O) groups is 1. The monoisotopic (exact) mass is 396 g/mol. The lowest BCUT2D eigenvalue weighted by Crippen LogP contribution is -2.44. The average Bonchev–Trinajstić information content (AvgIpc) is 2.79. The van der Waals surface area contributed by atoms with Crippen LogP contribution in [0.1, 0.15) is 12.0 Å². The van der Waals surface area contributed by atoms with Gasteiger partial charge in [0.2, 0.25) is 5.91 Å². The number of hydrogen-bond acceptors (Lipinski definition) is 4. The summed E-state index contributed by atoms with van der Waals surface area (Å²) in [5.41, 5.74) is 7.79. The van der Waals surface area contributed by atoms with Gasteiger partial charge in [-0.1, -0.05) is 22.0 Å². The molecule has 0 radical (unpaired) electrons. The standard InChI is InChI=1S/C13H17BrN2O3S.ClH/c1-20(18,19)8-6-11(15)13(17)16-7-5-9-10(14)3-2-4-12(9)16;/h2-4,11H,5-8,15H2,1H3;1H/t11-;/m1./s1. The van der Waals surface area contributed by atoms with Crippen molar-refractivity contribution in [2.45, 2.75) is 18.9 Å². The maximum Gasteiger partial charge on any atom is 0.243 e. The number of sulfone groups is 1. The summed E-state index contributed by atoms with van der Waals surface area (Å²) < 4.78 is 23.3. The molecule has 0 saturated heterocycles. The molecule has 0 saturated carbocycles. The molecule has 0 bridgehead atoms. The second kappa shape index (κ2) is 7.09. The molecule has 0 spiro atoms. The van der Waals surface area contributed by atoms with E-state index >= 15 is 0 Å². The van der Waals surface area contributed by atoms with E-state index in [9.17, 15) is 13.2 Å². The van der Waals surface area contributed by atoms with Gasteiger partial charge >= 0.3 is 0 Å². The number of fused-ring (bicyclic) bond motifs is 1. The van der Waals surface area contributed by atoms with Gasteiger partial charge in [-0.3, -0.25) is 4.79 Å². The second-order valence-electron chi connectivity index (χ2n) is 5.00. The fourth-order valence-corrected chi connectivity index (χ4v) is 3.52. The number of halogens is 2. The second-order valence-corrected chi connectivity index (χ2v) is 8.12. The van der Waals surface area contributed by atoms with Crippen LogP contribution < -0.4 is 10.6 Å². The Balaban J connectivity index is 0.00000220. The summed E-state index contributed by atoms with van der Waals surface area (Å²) in [4.78, 5) is 14.0. The number of benzene rings is 1. The minimum Gasteiger partial charge on any atom is -0.320 e. The first-order valence-electron chi connectivity index (χ1n) is 6.31. The van der Waals surface area contributed by atoms with Crippen LogP contribution in [-0.2, 0) is 21.1 Å². The fourth-order valence-electron chi connectivity index (χ4n) is 2.29. The number of hydrogen-bond donors (Lipinski definition) is 1. The van der Waals surface area contributed by atoms with Crippen molar-refractivity contribution < 1.29 is 13.2 Å². The fraction of sp³-hybridized carbons (Fsp3) is 0.462. The van der Waals surface area contributed by atoms with Crippen LogP contribution in [0.4, 0.5) is 5.69 Å². The largest absolute Gasteiger partial charge is 0.320 e. The van der Waals surface area contributed by atoms with E-state index in [0.29, 0.717) is 6.54 Å². The third-order valence-electron chi connectivity index (χ3n) is 3.35. The number of nitrogens with zero attached hydrogens (tertiary/aromatic N) is 1. The third kappa shape index (κ3) is 4.42. The average molecular weight is 398 g/mol. The van der Waals surface area contributed by atoms with Crippen LogP contribution in [0.2, 0.25) is 0 Å². The molecule has 0 unspecified atom stereocenters. The van der Waals surface area contributed by atoms with Gasteiger partial charge in [-0.15, -0.1) is 12.4 Å². The molecule has 2 rings (SSSR count). The van der Waals surface area contributed by atoms with Gasteiger partial charge in [0.25, 0.3) is 0 Å². The molecule has 0 aromatic heterocycles. The Morgan fingerprint density at radius 1 is 1.48 bits per heavy atom. The number of nitrogens with two attached hydrogens (primary N) is 1. The number of anilines is 1. The molecule has 0 aliphatic carbocycles. The minimum absolute atomic E-state index is 0. The zero-order chi connectivity index (χ0) is 14.9. The number of carbonyl (C=O) groups excluding carboxylic acids is 1. The number of rotatable bonds is 4. The van der Waals surface area contributed by atoms with E-state index in [1.54, 1.807) is 4.90 Å². The summed E-state index contributed by atoms with van der Waals surface area (Å²) in [6, 6.07) is 4.91. The molecule has 1 atom stereocenters. The van der Waals surface area contributed by atoms with Gasteiger partial charge in [0.1, 0.15) is 9.84 Å². The Bertz CT molecular complexity index is 636. The van der Waals surface area contributed by atoms with Crippen LogP contribution in [0.15, 0.2) is 22.7 Å². The van der Waals surface area contributed by atoms with Crippen molar-refractivity contribution in [3.8, 4) is 0 Å². The Morgan fingerprint density at radius 2 is 2.14 bits per heavy atom. The van der Waals surface area contributed by atoms with Crippen LogP contribution in [0.3, 0.4) is 0 Å². The van der Waals surface area contributed by atoms with Gasteiger partial charge in [0.15, 0.2) is 0 Å². The highest BCUT2D eigenvalue weighted by molar-refractivity contribution is 9.10. The molecule has 1 heterocycles. The van der Waals surface area contributed by atoms with E-state index in [1.165, 1.54) is 0 Å². The van der Waals surface area contributed by atoms with Crippen molar-refractivity contribution in [3.63, 3.8) is 0 Å². The summed E-state index contributed by atoms with van der Waals surface area (Å²) >= 11 is 3.47. The Hall–Kier alpha value is -0.630. The molecule has 1 aliphatic rings. The predicted octanol–water partition coefficient (Wildman–Crippen LogP) is 1.52. The van der Waals surface area contributed by atoms with Gasteiger partial charge < -0.3 is 10.6 Å². The van der Waals surface area contributed by atoms with Gasteiger partial charge in [0.05, 0.1) is 11.8 Å². The van der Waals surface area contributed by atoms with Crippen molar-refractivity contribution in [2.24, 2.45) is 5.73 Å². The summed E-state index contributed by atoms with van der Waals surface area (Å²) in [6.45, 7) is 0.587. The van der Waals surface area contributed by atoms with Crippen molar-refractivity contribution in [1.82, 2.24) is 0 Å². The predicted molar refractivity (Wildman–Crippen MR) is 89.8 cm³/mol. The molecule has 2 N–H and O–H groups in total. The van der Waals surface area contributed by atoms with Crippen molar-refractivity contribution >= 4 is 49.8 Å². The molecular weight excluding hydrogens is 380 g/mol. The van der Waals surface area contributed by atoms with E-state index in [0.717, 1.165) is 28.4 Å². The van der Waals surface area contributed by atoms with E-state index < -0.39 is 15.9 Å². The lowest BCUT2D eigenvalue weighted by Gasteiger charge is -2.21. The molecule has 1 aromatic rings. The number of amides is 1. The summed E-state index contributed by atoms with van der Waals surface area (Å²) in [5.74, 6) is -0.287. The molecule has 1 amide bonds. The lowest BCUT2D eigenvalue weighted by molar-refractivity contribution is -0.119.